The quantitative estimate of drug-likeness (QED) is 0.768. The van der Waals surface area contributed by atoms with Gasteiger partial charge >= 0.3 is 0 Å². The average Bonchev–Trinajstić information content (AvgIpc) is 2.87. The van der Waals surface area contributed by atoms with Crippen molar-refractivity contribution in [2.24, 2.45) is 17.8 Å². The minimum Gasteiger partial charge on any atom is -0.381 e. The van der Waals surface area contributed by atoms with Gasteiger partial charge in [-0.05, 0) is 57.0 Å². The molecule has 2 aliphatic heterocycles. The Morgan fingerprint density at radius 1 is 1.17 bits per heavy atom. The third-order valence-electron chi connectivity index (χ3n) is 4.83. The molecule has 0 aromatic rings. The van der Waals surface area contributed by atoms with Gasteiger partial charge in [0.2, 0.25) is 5.91 Å². The maximum Gasteiger partial charge on any atom is 0.225 e. The lowest BCUT2D eigenvalue weighted by molar-refractivity contribution is -0.130. The number of rotatable bonds is 2. The number of hydrogen-bond acceptors (Lipinski definition) is 3. The van der Waals surface area contributed by atoms with E-state index in [-0.39, 0.29) is 11.8 Å². The molecule has 18 heavy (non-hydrogen) atoms. The van der Waals surface area contributed by atoms with Crippen molar-refractivity contribution >= 4 is 5.91 Å². The Balaban J connectivity index is 1.48. The van der Waals surface area contributed by atoms with Crippen LogP contribution in [0.1, 0.15) is 32.1 Å². The van der Waals surface area contributed by atoms with E-state index in [2.05, 4.69) is 10.6 Å². The molecule has 3 fully saturated rings. The normalized spacial score (nSPS) is 40.2. The van der Waals surface area contributed by atoms with E-state index in [9.17, 15) is 4.79 Å². The van der Waals surface area contributed by atoms with E-state index in [4.69, 9.17) is 4.74 Å². The summed E-state index contributed by atoms with van der Waals surface area (Å²) >= 11 is 0. The zero-order valence-corrected chi connectivity index (χ0v) is 11.0. The minimum absolute atomic E-state index is 0.0955. The summed E-state index contributed by atoms with van der Waals surface area (Å²) in [4.78, 5) is 12.2. The Hall–Kier alpha value is -0.610. The second-order valence-corrected chi connectivity index (χ2v) is 6.11. The molecule has 2 heterocycles. The topological polar surface area (TPSA) is 50.4 Å². The molecule has 0 radical (unpaired) electrons. The second-order valence-electron chi connectivity index (χ2n) is 6.11. The van der Waals surface area contributed by atoms with Crippen molar-refractivity contribution in [3.8, 4) is 0 Å². The van der Waals surface area contributed by atoms with Gasteiger partial charge in [0, 0.05) is 12.6 Å². The fraction of sp³-hybridized carbons (Fsp3) is 0.929. The number of hydrogen-bond donors (Lipinski definition) is 2. The van der Waals surface area contributed by atoms with Crippen LogP contribution in [0.15, 0.2) is 0 Å². The summed E-state index contributed by atoms with van der Waals surface area (Å²) < 4.78 is 5.39. The fourth-order valence-electron chi connectivity index (χ4n) is 3.70. The lowest BCUT2D eigenvalue weighted by Gasteiger charge is -2.33. The molecule has 0 aromatic heterocycles. The predicted molar refractivity (Wildman–Crippen MR) is 69.2 cm³/mol. The molecule has 1 saturated carbocycles. The van der Waals surface area contributed by atoms with Crippen molar-refractivity contribution in [2.45, 2.75) is 38.1 Å². The number of carbonyl (C=O) groups is 1. The molecule has 3 aliphatic rings. The van der Waals surface area contributed by atoms with Crippen LogP contribution in [0.4, 0.5) is 0 Å². The largest absolute Gasteiger partial charge is 0.381 e. The number of amides is 1. The molecule has 3 rings (SSSR count). The van der Waals surface area contributed by atoms with Crippen LogP contribution in [0.25, 0.3) is 0 Å². The second kappa shape index (κ2) is 5.57. The van der Waals surface area contributed by atoms with Crippen LogP contribution < -0.4 is 10.6 Å². The number of ether oxygens (including phenoxy) is 1. The summed E-state index contributed by atoms with van der Waals surface area (Å²) in [5.41, 5.74) is 0. The molecule has 1 amide bonds. The molecule has 0 bridgehead atoms. The van der Waals surface area contributed by atoms with Crippen LogP contribution in [0.5, 0.6) is 0 Å². The molecular formula is C14H24N2O2. The fourth-order valence-corrected chi connectivity index (χ4v) is 3.70. The lowest BCUT2D eigenvalue weighted by atomic mass is 9.79. The van der Waals surface area contributed by atoms with Gasteiger partial charge in [-0.15, -0.1) is 0 Å². The molecule has 4 atom stereocenters. The molecule has 0 spiro atoms. The van der Waals surface area contributed by atoms with Gasteiger partial charge in [0.1, 0.15) is 0 Å². The monoisotopic (exact) mass is 252 g/mol. The standard InChI is InChI=1S/C14H24N2O2/c17-14(11-2-1-5-18-9-11)16-13-4-3-10-7-15-8-12(10)6-13/h10-13,15H,1-9H2,(H,16,17)/t10-,11?,12+,13?/m0/s1. The van der Waals surface area contributed by atoms with Gasteiger partial charge in [-0.3, -0.25) is 4.79 Å². The molecule has 2 unspecified atom stereocenters. The van der Waals surface area contributed by atoms with Crippen molar-refractivity contribution in [1.29, 1.82) is 0 Å². The van der Waals surface area contributed by atoms with Gasteiger partial charge in [0.05, 0.1) is 12.5 Å². The molecule has 2 N–H and O–H groups in total. The highest BCUT2D eigenvalue weighted by molar-refractivity contribution is 5.79. The van der Waals surface area contributed by atoms with Crippen molar-refractivity contribution in [1.82, 2.24) is 10.6 Å². The minimum atomic E-state index is 0.0955. The molecular weight excluding hydrogens is 228 g/mol. The number of carbonyl (C=O) groups excluding carboxylic acids is 1. The Morgan fingerprint density at radius 3 is 2.89 bits per heavy atom. The van der Waals surface area contributed by atoms with Crippen molar-refractivity contribution in [3.05, 3.63) is 0 Å². The smallest absolute Gasteiger partial charge is 0.225 e. The predicted octanol–water partition coefficient (Wildman–Crippen LogP) is 0.917. The van der Waals surface area contributed by atoms with Gasteiger partial charge in [0.25, 0.3) is 0 Å². The van der Waals surface area contributed by atoms with E-state index in [0.717, 1.165) is 50.7 Å². The third-order valence-corrected chi connectivity index (χ3v) is 4.83. The first kappa shape index (κ1) is 12.4. The third kappa shape index (κ3) is 2.69. The van der Waals surface area contributed by atoms with Crippen LogP contribution in [-0.4, -0.2) is 38.3 Å². The lowest BCUT2D eigenvalue weighted by Crippen LogP contribution is -2.44. The van der Waals surface area contributed by atoms with Crippen LogP contribution >= 0.6 is 0 Å². The Kier molecular flexibility index (Phi) is 3.85. The highest BCUT2D eigenvalue weighted by Gasteiger charge is 2.35. The molecule has 1 aliphatic carbocycles. The van der Waals surface area contributed by atoms with E-state index < -0.39 is 0 Å². The van der Waals surface area contributed by atoms with Gasteiger partial charge in [-0.2, -0.15) is 0 Å². The van der Waals surface area contributed by atoms with Crippen molar-refractivity contribution < 1.29 is 9.53 Å². The zero-order valence-electron chi connectivity index (χ0n) is 11.0. The summed E-state index contributed by atoms with van der Waals surface area (Å²) in [5.74, 6) is 1.96. The number of fused-ring (bicyclic) bond motifs is 1. The maximum absolute atomic E-state index is 12.2. The van der Waals surface area contributed by atoms with E-state index >= 15 is 0 Å². The van der Waals surface area contributed by atoms with Crippen molar-refractivity contribution in [3.63, 3.8) is 0 Å². The van der Waals surface area contributed by atoms with E-state index in [1.54, 1.807) is 0 Å². The Labute approximate surface area is 109 Å². The van der Waals surface area contributed by atoms with Crippen LogP contribution in [0.2, 0.25) is 0 Å². The van der Waals surface area contributed by atoms with Crippen LogP contribution in [0.3, 0.4) is 0 Å². The molecule has 4 heteroatoms. The summed E-state index contributed by atoms with van der Waals surface area (Å²) in [6.07, 6.45) is 5.60. The Morgan fingerprint density at radius 2 is 2.06 bits per heavy atom. The molecule has 2 saturated heterocycles. The Bertz CT molecular complexity index is 302. The van der Waals surface area contributed by atoms with Crippen molar-refractivity contribution in [2.75, 3.05) is 26.3 Å². The maximum atomic E-state index is 12.2. The molecule has 102 valence electrons. The first-order chi connectivity index (χ1) is 8.83. The van der Waals surface area contributed by atoms with E-state index in [1.807, 2.05) is 0 Å². The highest BCUT2D eigenvalue weighted by atomic mass is 16.5. The van der Waals surface area contributed by atoms with Gasteiger partial charge in [-0.25, -0.2) is 0 Å². The first-order valence-electron chi connectivity index (χ1n) is 7.42. The zero-order chi connectivity index (χ0) is 12.4. The summed E-state index contributed by atoms with van der Waals surface area (Å²) in [6.45, 7) is 3.76. The molecule has 0 aromatic carbocycles. The van der Waals surface area contributed by atoms with E-state index in [0.29, 0.717) is 12.6 Å². The van der Waals surface area contributed by atoms with Crippen LogP contribution in [0, 0.1) is 17.8 Å². The first-order valence-corrected chi connectivity index (χ1v) is 7.42. The summed E-state index contributed by atoms with van der Waals surface area (Å²) in [7, 11) is 0. The van der Waals surface area contributed by atoms with E-state index in [1.165, 1.54) is 13.0 Å². The average molecular weight is 252 g/mol. The summed E-state index contributed by atoms with van der Waals surface area (Å²) in [6, 6.07) is 0.403. The summed E-state index contributed by atoms with van der Waals surface area (Å²) in [5, 5.41) is 6.72. The SMILES string of the molecule is O=C(NC1CC[C@H]2CNC[C@H]2C1)C1CCCOC1. The van der Waals surface area contributed by atoms with Gasteiger partial charge < -0.3 is 15.4 Å². The van der Waals surface area contributed by atoms with Gasteiger partial charge in [-0.1, -0.05) is 0 Å². The van der Waals surface area contributed by atoms with Gasteiger partial charge in [0.15, 0.2) is 0 Å². The number of nitrogens with one attached hydrogen (secondary N) is 2. The molecule has 4 nitrogen and oxygen atoms in total. The van der Waals surface area contributed by atoms with Crippen LogP contribution in [-0.2, 0) is 9.53 Å². The highest BCUT2D eigenvalue weighted by Crippen LogP contribution is 2.32.